The molecule has 1 aromatic heterocycles. The molecule has 1 aromatic rings. The van der Waals surface area contributed by atoms with Gasteiger partial charge in [-0.1, -0.05) is 27.7 Å². The molecule has 21 heavy (non-hydrogen) atoms. The van der Waals surface area contributed by atoms with Crippen LogP contribution in [0.5, 0.6) is 0 Å². The first-order valence-corrected chi connectivity index (χ1v) is 7.76. The van der Waals surface area contributed by atoms with Crippen LogP contribution < -0.4 is 5.32 Å². The lowest BCUT2D eigenvalue weighted by Crippen LogP contribution is -2.22. The number of nitrogens with one attached hydrogen (secondary N) is 1. The zero-order chi connectivity index (χ0) is 15.6. The summed E-state index contributed by atoms with van der Waals surface area (Å²) in [5.74, 6) is -0.490. The van der Waals surface area contributed by atoms with Crippen molar-refractivity contribution in [2.24, 2.45) is 5.41 Å². The van der Waals surface area contributed by atoms with Gasteiger partial charge in [-0.2, -0.15) is 5.10 Å². The Morgan fingerprint density at radius 1 is 1.33 bits per heavy atom. The predicted octanol–water partition coefficient (Wildman–Crippen LogP) is 3.29. The SMILES string of the molecule is CCc1nnc(NC2CCC(C)(C)C2)c(C(=O)O)c1CC. The fourth-order valence-electron chi connectivity index (χ4n) is 3.26. The largest absolute Gasteiger partial charge is 0.478 e. The third-order valence-electron chi connectivity index (χ3n) is 4.37. The van der Waals surface area contributed by atoms with Crippen molar-refractivity contribution in [3.8, 4) is 0 Å². The number of hydrogen-bond donors (Lipinski definition) is 2. The second-order valence-electron chi connectivity index (χ2n) is 6.61. The van der Waals surface area contributed by atoms with Crippen LogP contribution in [-0.2, 0) is 12.8 Å². The van der Waals surface area contributed by atoms with Crippen LogP contribution in [0.3, 0.4) is 0 Å². The lowest BCUT2D eigenvalue weighted by molar-refractivity contribution is 0.0696. The van der Waals surface area contributed by atoms with E-state index in [1.54, 1.807) is 0 Å². The quantitative estimate of drug-likeness (QED) is 0.870. The number of aryl methyl sites for hydroxylation is 1. The number of carboxylic acids is 1. The van der Waals surface area contributed by atoms with E-state index >= 15 is 0 Å². The molecule has 1 unspecified atom stereocenters. The van der Waals surface area contributed by atoms with Gasteiger partial charge in [-0.25, -0.2) is 4.79 Å². The van der Waals surface area contributed by atoms with Gasteiger partial charge in [-0.3, -0.25) is 0 Å². The lowest BCUT2D eigenvalue weighted by atomic mass is 9.92. The van der Waals surface area contributed by atoms with Crippen LogP contribution in [0.15, 0.2) is 0 Å². The number of carbonyl (C=O) groups is 1. The topological polar surface area (TPSA) is 75.1 Å². The maximum absolute atomic E-state index is 11.7. The first kappa shape index (κ1) is 15.7. The first-order chi connectivity index (χ1) is 9.88. The summed E-state index contributed by atoms with van der Waals surface area (Å²) in [7, 11) is 0. The Balaban J connectivity index is 2.33. The van der Waals surface area contributed by atoms with Gasteiger partial charge in [-0.15, -0.1) is 5.10 Å². The summed E-state index contributed by atoms with van der Waals surface area (Å²) in [6.45, 7) is 8.43. The normalized spacial score (nSPS) is 20.5. The third kappa shape index (κ3) is 3.34. The molecule has 0 aromatic carbocycles. The highest BCUT2D eigenvalue weighted by Gasteiger charge is 2.32. The molecular formula is C16H25N3O2. The van der Waals surface area contributed by atoms with E-state index in [9.17, 15) is 9.90 Å². The minimum absolute atomic E-state index is 0.282. The molecule has 2 N–H and O–H groups in total. The van der Waals surface area contributed by atoms with Gasteiger partial charge in [0.15, 0.2) is 5.82 Å². The monoisotopic (exact) mass is 291 g/mol. The van der Waals surface area contributed by atoms with Crippen molar-refractivity contribution in [1.29, 1.82) is 0 Å². The first-order valence-electron chi connectivity index (χ1n) is 7.76. The molecule has 0 aliphatic heterocycles. The zero-order valence-electron chi connectivity index (χ0n) is 13.4. The molecule has 1 fully saturated rings. The number of carboxylic acid groups (broad SMARTS) is 1. The second-order valence-corrected chi connectivity index (χ2v) is 6.61. The molecule has 0 saturated heterocycles. The molecule has 5 nitrogen and oxygen atoms in total. The van der Waals surface area contributed by atoms with E-state index in [2.05, 4.69) is 29.4 Å². The van der Waals surface area contributed by atoms with Gasteiger partial charge in [0.25, 0.3) is 0 Å². The predicted molar refractivity (Wildman–Crippen MR) is 82.8 cm³/mol. The molecule has 1 aliphatic carbocycles. The van der Waals surface area contributed by atoms with Crippen molar-refractivity contribution in [2.75, 3.05) is 5.32 Å². The van der Waals surface area contributed by atoms with Crippen LogP contribution in [0.1, 0.15) is 68.6 Å². The smallest absolute Gasteiger partial charge is 0.339 e. The summed E-state index contributed by atoms with van der Waals surface area (Å²) in [6, 6.07) is 0.282. The van der Waals surface area contributed by atoms with Gasteiger partial charge in [0.1, 0.15) is 5.56 Å². The number of hydrogen-bond acceptors (Lipinski definition) is 4. The lowest BCUT2D eigenvalue weighted by Gasteiger charge is -2.20. The highest BCUT2D eigenvalue weighted by Crippen LogP contribution is 2.38. The van der Waals surface area contributed by atoms with Crippen molar-refractivity contribution in [3.63, 3.8) is 0 Å². The maximum Gasteiger partial charge on any atom is 0.339 e. The number of aromatic carboxylic acids is 1. The van der Waals surface area contributed by atoms with Crippen molar-refractivity contribution >= 4 is 11.8 Å². The number of anilines is 1. The fraction of sp³-hybridized carbons (Fsp3) is 0.688. The van der Waals surface area contributed by atoms with E-state index in [4.69, 9.17) is 0 Å². The van der Waals surface area contributed by atoms with E-state index in [-0.39, 0.29) is 6.04 Å². The summed E-state index contributed by atoms with van der Waals surface area (Å²) < 4.78 is 0. The van der Waals surface area contributed by atoms with Gasteiger partial charge in [0, 0.05) is 6.04 Å². The molecule has 2 rings (SSSR count). The van der Waals surface area contributed by atoms with Gasteiger partial charge in [-0.05, 0) is 43.1 Å². The highest BCUT2D eigenvalue weighted by molar-refractivity contribution is 5.95. The fourth-order valence-corrected chi connectivity index (χ4v) is 3.26. The number of nitrogens with zero attached hydrogens (tertiary/aromatic N) is 2. The molecule has 1 heterocycles. The van der Waals surface area contributed by atoms with Crippen LogP contribution in [0, 0.1) is 5.41 Å². The van der Waals surface area contributed by atoms with Crippen LogP contribution in [-0.4, -0.2) is 27.3 Å². The van der Waals surface area contributed by atoms with Gasteiger partial charge < -0.3 is 10.4 Å². The van der Waals surface area contributed by atoms with E-state index in [1.165, 1.54) is 0 Å². The Bertz CT molecular complexity index is 541. The Hall–Kier alpha value is -1.65. The van der Waals surface area contributed by atoms with Crippen molar-refractivity contribution in [3.05, 3.63) is 16.8 Å². The van der Waals surface area contributed by atoms with E-state index in [1.807, 2.05) is 13.8 Å². The molecule has 0 radical (unpaired) electrons. The molecule has 0 amide bonds. The molecule has 0 bridgehead atoms. The number of rotatable bonds is 5. The van der Waals surface area contributed by atoms with Crippen molar-refractivity contribution in [2.45, 2.75) is 65.8 Å². The third-order valence-corrected chi connectivity index (χ3v) is 4.37. The summed E-state index contributed by atoms with van der Waals surface area (Å²) in [4.78, 5) is 11.7. The Kier molecular flexibility index (Phi) is 4.49. The van der Waals surface area contributed by atoms with Crippen LogP contribution in [0.2, 0.25) is 0 Å². The van der Waals surface area contributed by atoms with E-state index in [0.717, 1.165) is 30.5 Å². The van der Waals surface area contributed by atoms with Crippen LogP contribution >= 0.6 is 0 Å². The second kappa shape index (κ2) is 6.00. The summed E-state index contributed by atoms with van der Waals surface area (Å²) in [5.41, 5.74) is 2.20. The van der Waals surface area contributed by atoms with Crippen molar-refractivity contribution < 1.29 is 9.90 Å². The van der Waals surface area contributed by atoms with E-state index in [0.29, 0.717) is 29.6 Å². The average Bonchev–Trinajstić information content (AvgIpc) is 2.76. The van der Waals surface area contributed by atoms with Crippen LogP contribution in [0.25, 0.3) is 0 Å². The standard InChI is InChI=1S/C16H25N3O2/c1-5-11-12(6-2)18-19-14(13(11)15(20)21)17-10-7-8-16(3,4)9-10/h10H,5-9H2,1-4H3,(H,17,19)(H,20,21). The number of aromatic nitrogens is 2. The Labute approximate surface area is 126 Å². The molecular weight excluding hydrogens is 266 g/mol. The minimum atomic E-state index is -0.920. The molecule has 5 heteroatoms. The Morgan fingerprint density at radius 3 is 2.52 bits per heavy atom. The highest BCUT2D eigenvalue weighted by atomic mass is 16.4. The maximum atomic E-state index is 11.7. The average molecular weight is 291 g/mol. The molecule has 1 saturated carbocycles. The van der Waals surface area contributed by atoms with Gasteiger partial charge in [0.05, 0.1) is 5.69 Å². The van der Waals surface area contributed by atoms with E-state index < -0.39 is 5.97 Å². The minimum Gasteiger partial charge on any atom is -0.478 e. The summed E-state index contributed by atoms with van der Waals surface area (Å²) in [5, 5.41) is 21.2. The summed E-state index contributed by atoms with van der Waals surface area (Å²) >= 11 is 0. The molecule has 116 valence electrons. The van der Waals surface area contributed by atoms with Crippen LogP contribution in [0.4, 0.5) is 5.82 Å². The Morgan fingerprint density at radius 2 is 2.05 bits per heavy atom. The molecule has 1 atom stereocenters. The van der Waals surface area contributed by atoms with Gasteiger partial charge in [0.2, 0.25) is 0 Å². The summed E-state index contributed by atoms with van der Waals surface area (Å²) in [6.07, 6.45) is 4.59. The van der Waals surface area contributed by atoms with Gasteiger partial charge >= 0.3 is 5.97 Å². The molecule has 1 aliphatic rings. The molecule has 0 spiro atoms. The zero-order valence-corrected chi connectivity index (χ0v) is 13.4. The van der Waals surface area contributed by atoms with Crippen molar-refractivity contribution in [1.82, 2.24) is 10.2 Å².